The molecule has 0 fully saturated rings. The van der Waals surface area contributed by atoms with Gasteiger partial charge < -0.3 is 11.1 Å². The van der Waals surface area contributed by atoms with E-state index in [2.05, 4.69) is 20.3 Å². The minimum atomic E-state index is 0.0792. The summed E-state index contributed by atoms with van der Waals surface area (Å²) in [6.45, 7) is 2.01. The van der Waals surface area contributed by atoms with E-state index in [0.29, 0.717) is 5.82 Å². The molecule has 0 bridgehead atoms. The van der Waals surface area contributed by atoms with Crippen molar-refractivity contribution in [1.29, 1.82) is 0 Å². The smallest absolute Gasteiger partial charge is 0.221 e. The Morgan fingerprint density at radius 2 is 2.06 bits per heavy atom. The third kappa shape index (κ3) is 2.44. The zero-order valence-electron chi connectivity index (χ0n) is 8.96. The van der Waals surface area contributed by atoms with Gasteiger partial charge >= 0.3 is 0 Å². The van der Waals surface area contributed by atoms with E-state index in [9.17, 15) is 0 Å². The summed E-state index contributed by atoms with van der Waals surface area (Å²) in [5, 5.41) is 3.21. The summed E-state index contributed by atoms with van der Waals surface area (Å²) in [7, 11) is 0. The number of rotatable bonds is 3. The molecular formula is C11H13N5. The second kappa shape index (κ2) is 4.57. The summed E-state index contributed by atoms with van der Waals surface area (Å²) in [5.41, 5.74) is 6.45. The predicted molar refractivity (Wildman–Crippen MR) is 62.7 cm³/mol. The van der Waals surface area contributed by atoms with Gasteiger partial charge in [0.2, 0.25) is 5.95 Å². The fourth-order valence-corrected chi connectivity index (χ4v) is 1.38. The Bertz CT molecular complexity index is 457. The van der Waals surface area contributed by atoms with Crippen LogP contribution in [0.3, 0.4) is 0 Å². The molecule has 82 valence electrons. The van der Waals surface area contributed by atoms with Gasteiger partial charge in [-0.05, 0) is 25.1 Å². The lowest BCUT2D eigenvalue weighted by atomic mass is 10.2. The molecule has 16 heavy (non-hydrogen) atoms. The van der Waals surface area contributed by atoms with Gasteiger partial charge in [0, 0.05) is 12.4 Å². The monoisotopic (exact) mass is 215 g/mol. The van der Waals surface area contributed by atoms with E-state index in [4.69, 9.17) is 5.73 Å². The molecule has 3 N–H and O–H groups in total. The first-order chi connectivity index (χ1) is 7.75. The lowest BCUT2D eigenvalue weighted by Gasteiger charge is -2.13. The van der Waals surface area contributed by atoms with Crippen LogP contribution < -0.4 is 11.1 Å². The van der Waals surface area contributed by atoms with Crippen molar-refractivity contribution in [3.8, 4) is 0 Å². The van der Waals surface area contributed by atoms with E-state index in [1.807, 2.05) is 25.1 Å². The molecule has 1 unspecified atom stereocenters. The highest BCUT2D eigenvalue weighted by atomic mass is 15.1. The molecule has 0 aliphatic carbocycles. The summed E-state index contributed by atoms with van der Waals surface area (Å²) < 4.78 is 0. The predicted octanol–water partition coefficient (Wildman–Crippen LogP) is 1.63. The molecule has 2 rings (SSSR count). The van der Waals surface area contributed by atoms with Crippen LogP contribution in [-0.4, -0.2) is 15.0 Å². The Balaban J connectivity index is 2.11. The zero-order chi connectivity index (χ0) is 11.4. The van der Waals surface area contributed by atoms with Crippen LogP contribution in [0, 0.1) is 0 Å². The summed E-state index contributed by atoms with van der Waals surface area (Å²) in [5.74, 6) is 0.962. The number of nitrogens with two attached hydrogens (primary N) is 1. The van der Waals surface area contributed by atoms with Gasteiger partial charge in [0.1, 0.15) is 5.82 Å². The number of hydrogen-bond acceptors (Lipinski definition) is 5. The SMILES string of the molecule is CC(Nc1ccnc(N)n1)c1ccccn1. The number of aromatic nitrogens is 3. The van der Waals surface area contributed by atoms with Gasteiger partial charge in [-0.3, -0.25) is 4.98 Å². The maximum Gasteiger partial charge on any atom is 0.221 e. The first-order valence-corrected chi connectivity index (χ1v) is 5.01. The van der Waals surface area contributed by atoms with Crippen LogP contribution in [0.1, 0.15) is 18.7 Å². The van der Waals surface area contributed by atoms with Gasteiger partial charge in [-0.1, -0.05) is 6.07 Å². The van der Waals surface area contributed by atoms with Gasteiger partial charge in [-0.25, -0.2) is 4.98 Å². The Morgan fingerprint density at radius 3 is 2.75 bits per heavy atom. The molecule has 0 spiro atoms. The highest BCUT2D eigenvalue weighted by molar-refractivity contribution is 5.39. The molecule has 0 aliphatic heterocycles. The molecule has 0 aromatic carbocycles. The molecule has 1 atom stereocenters. The van der Waals surface area contributed by atoms with Crippen LogP contribution in [0.25, 0.3) is 0 Å². The highest BCUT2D eigenvalue weighted by Crippen LogP contribution is 2.15. The third-order valence-electron chi connectivity index (χ3n) is 2.17. The van der Waals surface area contributed by atoms with Crippen LogP contribution in [0.15, 0.2) is 36.7 Å². The van der Waals surface area contributed by atoms with E-state index in [-0.39, 0.29) is 12.0 Å². The Hall–Kier alpha value is -2.17. The molecule has 0 aliphatic rings. The van der Waals surface area contributed by atoms with E-state index >= 15 is 0 Å². The quantitative estimate of drug-likeness (QED) is 0.813. The molecule has 2 aromatic heterocycles. The van der Waals surface area contributed by atoms with Crippen molar-refractivity contribution in [2.24, 2.45) is 0 Å². The standard InChI is InChI=1S/C11H13N5/c1-8(9-4-2-3-6-13-9)15-10-5-7-14-11(12)16-10/h2-8H,1H3,(H3,12,14,15,16). The largest absolute Gasteiger partial charge is 0.368 e. The van der Waals surface area contributed by atoms with E-state index in [1.165, 1.54) is 0 Å². The average Bonchev–Trinajstić information content (AvgIpc) is 2.30. The lowest BCUT2D eigenvalue weighted by Crippen LogP contribution is -2.10. The van der Waals surface area contributed by atoms with Crippen molar-refractivity contribution >= 4 is 11.8 Å². The molecule has 0 saturated carbocycles. The Labute approximate surface area is 93.8 Å². The number of nitrogens with one attached hydrogen (secondary N) is 1. The van der Waals surface area contributed by atoms with E-state index in [0.717, 1.165) is 5.69 Å². The van der Waals surface area contributed by atoms with E-state index < -0.39 is 0 Å². The fraction of sp³-hybridized carbons (Fsp3) is 0.182. The van der Waals surface area contributed by atoms with Crippen molar-refractivity contribution in [2.45, 2.75) is 13.0 Å². The molecule has 2 heterocycles. The van der Waals surface area contributed by atoms with Crippen LogP contribution in [0.4, 0.5) is 11.8 Å². The summed E-state index contributed by atoms with van der Waals surface area (Å²) in [6.07, 6.45) is 3.39. The average molecular weight is 215 g/mol. The Kier molecular flexibility index (Phi) is 2.95. The van der Waals surface area contributed by atoms with Crippen molar-refractivity contribution in [3.63, 3.8) is 0 Å². The number of nitrogen functional groups attached to an aromatic ring is 1. The van der Waals surface area contributed by atoms with Crippen LogP contribution in [0.2, 0.25) is 0 Å². The summed E-state index contributed by atoms with van der Waals surface area (Å²) >= 11 is 0. The normalized spacial score (nSPS) is 12.1. The molecule has 0 radical (unpaired) electrons. The van der Waals surface area contributed by atoms with Crippen molar-refractivity contribution in [3.05, 3.63) is 42.4 Å². The first-order valence-electron chi connectivity index (χ1n) is 5.01. The van der Waals surface area contributed by atoms with Gasteiger partial charge in [-0.2, -0.15) is 4.98 Å². The second-order valence-electron chi connectivity index (χ2n) is 3.42. The number of nitrogens with zero attached hydrogens (tertiary/aromatic N) is 3. The number of anilines is 2. The Morgan fingerprint density at radius 1 is 1.19 bits per heavy atom. The minimum absolute atomic E-state index is 0.0792. The zero-order valence-corrected chi connectivity index (χ0v) is 8.96. The molecular weight excluding hydrogens is 202 g/mol. The number of hydrogen-bond donors (Lipinski definition) is 2. The minimum Gasteiger partial charge on any atom is -0.368 e. The van der Waals surface area contributed by atoms with Gasteiger partial charge in [0.05, 0.1) is 11.7 Å². The third-order valence-corrected chi connectivity index (χ3v) is 2.17. The fourth-order valence-electron chi connectivity index (χ4n) is 1.38. The second-order valence-corrected chi connectivity index (χ2v) is 3.42. The maximum atomic E-state index is 5.50. The molecule has 2 aromatic rings. The van der Waals surface area contributed by atoms with Gasteiger partial charge in [-0.15, -0.1) is 0 Å². The van der Waals surface area contributed by atoms with Crippen molar-refractivity contribution in [1.82, 2.24) is 15.0 Å². The van der Waals surface area contributed by atoms with Crippen LogP contribution in [0.5, 0.6) is 0 Å². The molecule has 5 heteroatoms. The van der Waals surface area contributed by atoms with Gasteiger partial charge in [0.15, 0.2) is 0 Å². The van der Waals surface area contributed by atoms with Crippen LogP contribution >= 0.6 is 0 Å². The molecule has 5 nitrogen and oxygen atoms in total. The maximum absolute atomic E-state index is 5.50. The molecule has 0 saturated heterocycles. The summed E-state index contributed by atoms with van der Waals surface area (Å²) in [4.78, 5) is 12.2. The lowest BCUT2D eigenvalue weighted by molar-refractivity contribution is 0.831. The van der Waals surface area contributed by atoms with E-state index in [1.54, 1.807) is 18.5 Å². The van der Waals surface area contributed by atoms with Gasteiger partial charge in [0.25, 0.3) is 0 Å². The molecule has 0 amide bonds. The summed E-state index contributed by atoms with van der Waals surface area (Å²) in [6, 6.07) is 7.65. The first kappa shape index (κ1) is 10.4. The van der Waals surface area contributed by atoms with Crippen LogP contribution in [-0.2, 0) is 0 Å². The highest BCUT2D eigenvalue weighted by Gasteiger charge is 2.06. The van der Waals surface area contributed by atoms with Crippen molar-refractivity contribution < 1.29 is 0 Å². The number of pyridine rings is 1. The van der Waals surface area contributed by atoms with Crippen molar-refractivity contribution in [2.75, 3.05) is 11.1 Å². The topological polar surface area (TPSA) is 76.7 Å².